The molecule has 25 heavy (non-hydrogen) atoms. The van der Waals surface area contributed by atoms with Gasteiger partial charge in [0.15, 0.2) is 5.82 Å². The molecule has 130 valence electrons. The van der Waals surface area contributed by atoms with Crippen molar-refractivity contribution in [2.75, 3.05) is 18.6 Å². The van der Waals surface area contributed by atoms with E-state index in [0.717, 1.165) is 28.5 Å². The summed E-state index contributed by atoms with van der Waals surface area (Å²) in [7, 11) is 2.00. The first-order chi connectivity index (χ1) is 12.1. The van der Waals surface area contributed by atoms with E-state index in [-0.39, 0.29) is 0 Å². The molecule has 6 nitrogen and oxygen atoms in total. The summed E-state index contributed by atoms with van der Waals surface area (Å²) in [6.07, 6.45) is 3.49. The molecular weight excluding hydrogens is 314 g/mol. The molecule has 0 spiro atoms. The third-order valence-electron chi connectivity index (χ3n) is 3.91. The van der Waals surface area contributed by atoms with Gasteiger partial charge in [-0.25, -0.2) is 9.67 Å². The summed E-state index contributed by atoms with van der Waals surface area (Å²) in [5, 5.41) is 4.48. The Labute approximate surface area is 148 Å². The molecule has 0 unspecified atom stereocenters. The van der Waals surface area contributed by atoms with Crippen LogP contribution in [0.15, 0.2) is 42.7 Å². The Morgan fingerprint density at radius 2 is 1.96 bits per heavy atom. The first kappa shape index (κ1) is 17.0. The van der Waals surface area contributed by atoms with Crippen molar-refractivity contribution in [3.8, 4) is 11.6 Å². The number of hydrogen-bond donors (Lipinski definition) is 0. The summed E-state index contributed by atoms with van der Waals surface area (Å²) in [4.78, 5) is 11.1. The Bertz CT molecular complexity index is 859. The van der Waals surface area contributed by atoms with Gasteiger partial charge in [-0.2, -0.15) is 5.10 Å². The second-order valence-corrected chi connectivity index (χ2v) is 5.97. The van der Waals surface area contributed by atoms with E-state index in [0.29, 0.717) is 19.0 Å². The fraction of sp³-hybridized carbons (Fsp3) is 0.316. The minimum Gasteiger partial charge on any atom is -0.494 e. The van der Waals surface area contributed by atoms with Crippen molar-refractivity contribution in [2.24, 2.45) is 0 Å². The normalized spacial score (nSPS) is 10.7. The zero-order valence-electron chi connectivity index (χ0n) is 15.1. The SMILES string of the molecule is CCOc1ccccc1CN(C)c1cncc(-n2nc(C)cc2C)n1. The summed E-state index contributed by atoms with van der Waals surface area (Å²) >= 11 is 0. The predicted molar refractivity (Wildman–Crippen MR) is 98.3 cm³/mol. The van der Waals surface area contributed by atoms with E-state index in [9.17, 15) is 0 Å². The second-order valence-electron chi connectivity index (χ2n) is 5.97. The quantitative estimate of drug-likeness (QED) is 0.691. The number of para-hydroxylation sites is 1. The maximum absolute atomic E-state index is 5.71. The summed E-state index contributed by atoms with van der Waals surface area (Å²) in [6, 6.07) is 10.1. The van der Waals surface area contributed by atoms with Crippen LogP contribution in [0.1, 0.15) is 23.9 Å². The molecule has 3 rings (SSSR count). The Kier molecular flexibility index (Phi) is 4.97. The highest BCUT2D eigenvalue weighted by Gasteiger charge is 2.11. The molecule has 0 saturated carbocycles. The van der Waals surface area contributed by atoms with Crippen LogP contribution in [0.3, 0.4) is 0 Å². The van der Waals surface area contributed by atoms with Gasteiger partial charge in [-0.05, 0) is 32.9 Å². The van der Waals surface area contributed by atoms with E-state index in [1.165, 1.54) is 0 Å². The van der Waals surface area contributed by atoms with Crippen molar-refractivity contribution in [1.82, 2.24) is 19.7 Å². The van der Waals surface area contributed by atoms with E-state index in [1.807, 2.05) is 56.8 Å². The van der Waals surface area contributed by atoms with Gasteiger partial charge in [-0.1, -0.05) is 18.2 Å². The number of rotatable bonds is 6. The number of nitrogens with zero attached hydrogens (tertiary/aromatic N) is 5. The highest BCUT2D eigenvalue weighted by molar-refractivity contribution is 5.42. The summed E-state index contributed by atoms with van der Waals surface area (Å²) in [5.41, 5.74) is 3.11. The van der Waals surface area contributed by atoms with Gasteiger partial charge < -0.3 is 9.64 Å². The summed E-state index contributed by atoms with van der Waals surface area (Å²) in [5.74, 6) is 2.41. The second kappa shape index (κ2) is 7.34. The van der Waals surface area contributed by atoms with E-state index < -0.39 is 0 Å². The molecule has 2 heterocycles. The number of aromatic nitrogens is 4. The third kappa shape index (κ3) is 3.79. The number of aryl methyl sites for hydroxylation is 2. The van der Waals surface area contributed by atoms with Crippen LogP contribution in [0.5, 0.6) is 5.75 Å². The summed E-state index contributed by atoms with van der Waals surface area (Å²) < 4.78 is 7.52. The van der Waals surface area contributed by atoms with Gasteiger partial charge >= 0.3 is 0 Å². The summed E-state index contributed by atoms with van der Waals surface area (Å²) in [6.45, 7) is 7.30. The smallest absolute Gasteiger partial charge is 0.174 e. The number of benzene rings is 1. The topological polar surface area (TPSA) is 56.1 Å². The molecule has 3 aromatic rings. The molecule has 0 radical (unpaired) electrons. The highest BCUT2D eigenvalue weighted by atomic mass is 16.5. The lowest BCUT2D eigenvalue weighted by Gasteiger charge is -2.20. The minimum absolute atomic E-state index is 0.647. The molecule has 6 heteroatoms. The molecule has 0 atom stereocenters. The molecule has 0 fully saturated rings. The van der Waals surface area contributed by atoms with E-state index in [4.69, 9.17) is 9.72 Å². The Morgan fingerprint density at radius 1 is 1.16 bits per heavy atom. The minimum atomic E-state index is 0.647. The van der Waals surface area contributed by atoms with E-state index >= 15 is 0 Å². The van der Waals surface area contributed by atoms with Crippen molar-refractivity contribution in [2.45, 2.75) is 27.3 Å². The first-order valence-electron chi connectivity index (χ1n) is 8.36. The van der Waals surface area contributed by atoms with Crippen molar-refractivity contribution in [3.63, 3.8) is 0 Å². The van der Waals surface area contributed by atoms with Gasteiger partial charge in [0.2, 0.25) is 0 Å². The van der Waals surface area contributed by atoms with Gasteiger partial charge in [-0.3, -0.25) is 4.98 Å². The zero-order chi connectivity index (χ0) is 17.8. The Balaban J connectivity index is 1.85. The third-order valence-corrected chi connectivity index (χ3v) is 3.91. The first-order valence-corrected chi connectivity index (χ1v) is 8.36. The van der Waals surface area contributed by atoms with Gasteiger partial charge in [0, 0.05) is 24.8 Å². The molecule has 0 aliphatic heterocycles. The molecule has 1 aromatic carbocycles. The van der Waals surface area contributed by atoms with Gasteiger partial charge in [0.25, 0.3) is 0 Å². The average Bonchev–Trinajstić information content (AvgIpc) is 2.95. The van der Waals surface area contributed by atoms with Crippen LogP contribution in [0.4, 0.5) is 5.82 Å². The van der Waals surface area contributed by atoms with Gasteiger partial charge in [0.05, 0.1) is 24.7 Å². The van der Waals surface area contributed by atoms with Crippen LogP contribution < -0.4 is 9.64 Å². The van der Waals surface area contributed by atoms with E-state index in [1.54, 1.807) is 12.4 Å². The van der Waals surface area contributed by atoms with Crippen LogP contribution in [0.25, 0.3) is 5.82 Å². The van der Waals surface area contributed by atoms with Crippen LogP contribution in [0, 0.1) is 13.8 Å². The highest BCUT2D eigenvalue weighted by Crippen LogP contribution is 2.22. The van der Waals surface area contributed by atoms with Crippen molar-refractivity contribution in [3.05, 3.63) is 59.7 Å². The lowest BCUT2D eigenvalue weighted by atomic mass is 10.2. The maximum Gasteiger partial charge on any atom is 0.174 e. The molecule has 0 bridgehead atoms. The van der Waals surface area contributed by atoms with Crippen LogP contribution in [0.2, 0.25) is 0 Å². The molecule has 0 N–H and O–H groups in total. The molecule has 0 aliphatic rings. The van der Waals surface area contributed by atoms with Crippen LogP contribution >= 0.6 is 0 Å². The molecule has 0 aliphatic carbocycles. The average molecular weight is 337 g/mol. The fourth-order valence-corrected chi connectivity index (χ4v) is 2.76. The van der Waals surface area contributed by atoms with Crippen molar-refractivity contribution in [1.29, 1.82) is 0 Å². The van der Waals surface area contributed by atoms with Crippen molar-refractivity contribution < 1.29 is 4.74 Å². The zero-order valence-corrected chi connectivity index (χ0v) is 15.1. The molecular formula is C19H23N5O. The van der Waals surface area contributed by atoms with Gasteiger partial charge in [-0.15, -0.1) is 0 Å². The standard InChI is InChI=1S/C19H23N5O/c1-5-25-17-9-7-6-8-16(17)13-23(4)18-11-20-12-19(21-18)24-15(3)10-14(2)22-24/h6-12H,5,13H2,1-4H3. The van der Waals surface area contributed by atoms with Crippen molar-refractivity contribution >= 4 is 5.82 Å². The Morgan fingerprint density at radius 3 is 2.68 bits per heavy atom. The lowest BCUT2D eigenvalue weighted by Crippen LogP contribution is -2.19. The van der Waals surface area contributed by atoms with Crippen LogP contribution in [-0.4, -0.2) is 33.4 Å². The molecule has 0 amide bonds. The largest absolute Gasteiger partial charge is 0.494 e. The maximum atomic E-state index is 5.71. The number of hydrogen-bond acceptors (Lipinski definition) is 5. The number of ether oxygens (including phenoxy) is 1. The molecule has 2 aromatic heterocycles. The number of anilines is 1. The fourth-order valence-electron chi connectivity index (χ4n) is 2.76. The van der Waals surface area contributed by atoms with Crippen LogP contribution in [-0.2, 0) is 6.54 Å². The lowest BCUT2D eigenvalue weighted by molar-refractivity contribution is 0.336. The van der Waals surface area contributed by atoms with E-state index in [2.05, 4.69) is 21.0 Å². The van der Waals surface area contributed by atoms with Gasteiger partial charge in [0.1, 0.15) is 11.6 Å². The Hall–Kier alpha value is -2.89. The molecule has 0 saturated heterocycles. The predicted octanol–water partition coefficient (Wildman–Crippen LogP) is 3.31. The monoisotopic (exact) mass is 337 g/mol.